The van der Waals surface area contributed by atoms with Gasteiger partial charge in [-0.15, -0.1) is 23.7 Å². The second-order valence-electron chi connectivity index (χ2n) is 4.98. The molecule has 1 aromatic heterocycles. The van der Waals surface area contributed by atoms with Gasteiger partial charge in [0.15, 0.2) is 0 Å². The maximum atomic E-state index is 12.7. The zero-order valence-corrected chi connectivity index (χ0v) is 14.6. The lowest BCUT2D eigenvalue weighted by molar-refractivity contribution is 0.360. The van der Waals surface area contributed by atoms with E-state index in [1.807, 2.05) is 18.4 Å². The van der Waals surface area contributed by atoms with Crippen LogP contribution in [0.2, 0.25) is 0 Å². The molecule has 0 unspecified atom stereocenters. The molecule has 0 amide bonds. The molecule has 0 spiro atoms. The summed E-state index contributed by atoms with van der Waals surface area (Å²) in [5.74, 6) is 0. The predicted molar refractivity (Wildman–Crippen MR) is 91.2 cm³/mol. The highest BCUT2D eigenvalue weighted by atomic mass is 35.5. The van der Waals surface area contributed by atoms with Gasteiger partial charge in [-0.3, -0.25) is 0 Å². The summed E-state index contributed by atoms with van der Waals surface area (Å²) >= 11 is 1.53. The summed E-state index contributed by atoms with van der Waals surface area (Å²) in [4.78, 5) is 4.76. The van der Waals surface area contributed by atoms with Crippen LogP contribution in [-0.2, 0) is 10.0 Å². The molecule has 1 saturated heterocycles. The predicted octanol–water partition coefficient (Wildman–Crippen LogP) is 2.13. The number of hydrogen-bond acceptors (Lipinski definition) is 5. The monoisotopic (exact) mass is 359 g/mol. The molecule has 3 rings (SSSR count). The molecular weight excluding hydrogens is 342 g/mol. The van der Waals surface area contributed by atoms with Crippen molar-refractivity contribution in [1.29, 1.82) is 0 Å². The maximum absolute atomic E-state index is 12.7. The molecular formula is C14H18ClN3O2S2. The summed E-state index contributed by atoms with van der Waals surface area (Å²) in [7, 11) is -3.42. The first-order valence-corrected chi connectivity index (χ1v) is 9.13. The fraction of sp³-hybridized carbons (Fsp3) is 0.357. The van der Waals surface area contributed by atoms with Crippen LogP contribution < -0.4 is 5.32 Å². The Kier molecular flexibility index (Phi) is 5.57. The van der Waals surface area contributed by atoms with Crippen molar-refractivity contribution in [3.63, 3.8) is 0 Å². The minimum Gasteiger partial charge on any atom is -0.314 e. The zero-order chi connectivity index (χ0) is 14.9. The van der Waals surface area contributed by atoms with Crippen LogP contribution in [0.4, 0.5) is 0 Å². The highest BCUT2D eigenvalue weighted by Gasteiger charge is 2.26. The van der Waals surface area contributed by atoms with Gasteiger partial charge >= 0.3 is 0 Å². The van der Waals surface area contributed by atoms with Crippen molar-refractivity contribution >= 4 is 33.8 Å². The molecule has 2 aromatic rings. The summed E-state index contributed by atoms with van der Waals surface area (Å²) in [6.45, 7) is 4.36. The Morgan fingerprint density at radius 3 is 2.64 bits per heavy atom. The summed E-state index contributed by atoms with van der Waals surface area (Å²) < 4.78 is 26.9. The first kappa shape index (κ1) is 17.4. The first-order valence-electron chi connectivity index (χ1n) is 6.81. The number of sulfonamides is 1. The number of aryl methyl sites for hydroxylation is 1. The van der Waals surface area contributed by atoms with Gasteiger partial charge in [0.1, 0.15) is 5.01 Å². The Labute approximate surface area is 140 Å². The fourth-order valence-corrected chi connectivity index (χ4v) is 4.59. The van der Waals surface area contributed by atoms with Gasteiger partial charge < -0.3 is 5.32 Å². The SMILES string of the molecule is Cc1csc(-c2cccc(S(=O)(=O)N3CCNCC3)c2)n1.Cl. The molecule has 1 aliphatic heterocycles. The average Bonchev–Trinajstić information content (AvgIpc) is 2.95. The second kappa shape index (κ2) is 7.06. The third-order valence-corrected chi connectivity index (χ3v) is 6.32. The van der Waals surface area contributed by atoms with E-state index in [0.29, 0.717) is 31.1 Å². The molecule has 1 N–H and O–H groups in total. The normalized spacial score (nSPS) is 16.2. The van der Waals surface area contributed by atoms with Gasteiger partial charge in [0.25, 0.3) is 0 Å². The molecule has 0 radical (unpaired) electrons. The van der Waals surface area contributed by atoms with E-state index in [9.17, 15) is 8.42 Å². The van der Waals surface area contributed by atoms with Crippen LogP contribution in [0.5, 0.6) is 0 Å². The third-order valence-electron chi connectivity index (χ3n) is 3.41. The van der Waals surface area contributed by atoms with Crippen molar-refractivity contribution in [3.8, 4) is 10.6 Å². The van der Waals surface area contributed by atoms with E-state index in [4.69, 9.17) is 0 Å². The van der Waals surface area contributed by atoms with E-state index in [1.54, 1.807) is 18.2 Å². The molecule has 22 heavy (non-hydrogen) atoms. The van der Waals surface area contributed by atoms with Crippen LogP contribution >= 0.6 is 23.7 Å². The highest BCUT2D eigenvalue weighted by Crippen LogP contribution is 2.27. The summed E-state index contributed by atoms with van der Waals surface area (Å²) in [5.41, 5.74) is 1.80. The van der Waals surface area contributed by atoms with Crippen LogP contribution in [0.1, 0.15) is 5.69 Å². The van der Waals surface area contributed by atoms with E-state index in [1.165, 1.54) is 15.6 Å². The van der Waals surface area contributed by atoms with E-state index >= 15 is 0 Å². The number of aromatic nitrogens is 1. The van der Waals surface area contributed by atoms with Gasteiger partial charge in [-0.2, -0.15) is 4.31 Å². The smallest absolute Gasteiger partial charge is 0.243 e. The van der Waals surface area contributed by atoms with Gasteiger partial charge in [0, 0.05) is 42.8 Å². The summed E-state index contributed by atoms with van der Waals surface area (Å²) in [6.07, 6.45) is 0. The molecule has 0 aliphatic carbocycles. The summed E-state index contributed by atoms with van der Waals surface area (Å²) in [6, 6.07) is 7.05. The highest BCUT2D eigenvalue weighted by molar-refractivity contribution is 7.89. The van der Waals surface area contributed by atoms with E-state index in [2.05, 4.69) is 10.3 Å². The number of nitrogens with zero attached hydrogens (tertiary/aromatic N) is 2. The molecule has 1 fully saturated rings. The van der Waals surface area contributed by atoms with Crippen molar-refractivity contribution in [3.05, 3.63) is 35.3 Å². The molecule has 120 valence electrons. The molecule has 5 nitrogen and oxygen atoms in total. The zero-order valence-electron chi connectivity index (χ0n) is 12.2. The lowest BCUT2D eigenvalue weighted by atomic mass is 10.2. The molecule has 1 aromatic carbocycles. The van der Waals surface area contributed by atoms with Gasteiger partial charge in [-0.25, -0.2) is 13.4 Å². The van der Waals surface area contributed by atoms with Crippen LogP contribution in [0.3, 0.4) is 0 Å². The van der Waals surface area contributed by atoms with Crippen molar-refractivity contribution in [2.45, 2.75) is 11.8 Å². The van der Waals surface area contributed by atoms with Gasteiger partial charge in [-0.1, -0.05) is 12.1 Å². The standard InChI is InChI=1S/C14H17N3O2S2.ClH/c1-11-10-20-14(16-11)12-3-2-4-13(9-12)21(18,19)17-7-5-15-6-8-17;/h2-4,9-10,15H,5-8H2,1H3;1H. The minimum absolute atomic E-state index is 0. The Bertz CT molecular complexity index is 740. The van der Waals surface area contributed by atoms with Crippen LogP contribution in [-0.4, -0.2) is 43.9 Å². The molecule has 1 aliphatic rings. The van der Waals surface area contributed by atoms with Crippen molar-refractivity contribution in [1.82, 2.24) is 14.6 Å². The largest absolute Gasteiger partial charge is 0.314 e. The van der Waals surface area contributed by atoms with Gasteiger partial charge in [0.05, 0.1) is 4.90 Å². The summed E-state index contributed by atoms with van der Waals surface area (Å²) in [5, 5.41) is 5.98. The third kappa shape index (κ3) is 3.49. The lowest BCUT2D eigenvalue weighted by Gasteiger charge is -2.26. The Morgan fingerprint density at radius 2 is 2.00 bits per heavy atom. The number of halogens is 1. The van der Waals surface area contributed by atoms with Gasteiger partial charge in [0.2, 0.25) is 10.0 Å². The Morgan fingerprint density at radius 1 is 1.27 bits per heavy atom. The Hall–Kier alpha value is -0.990. The van der Waals surface area contributed by atoms with Crippen LogP contribution in [0.25, 0.3) is 10.6 Å². The van der Waals surface area contributed by atoms with Crippen molar-refractivity contribution < 1.29 is 8.42 Å². The van der Waals surface area contributed by atoms with E-state index < -0.39 is 10.0 Å². The molecule has 8 heteroatoms. The van der Waals surface area contributed by atoms with E-state index in [0.717, 1.165) is 16.3 Å². The number of thiazole rings is 1. The van der Waals surface area contributed by atoms with Crippen molar-refractivity contribution in [2.24, 2.45) is 0 Å². The maximum Gasteiger partial charge on any atom is 0.243 e. The van der Waals surface area contributed by atoms with Gasteiger partial charge in [-0.05, 0) is 19.1 Å². The van der Waals surface area contributed by atoms with Crippen LogP contribution in [0, 0.1) is 6.92 Å². The van der Waals surface area contributed by atoms with E-state index in [-0.39, 0.29) is 12.4 Å². The molecule has 0 saturated carbocycles. The fourth-order valence-electron chi connectivity index (χ4n) is 2.31. The number of rotatable bonds is 3. The molecule has 0 atom stereocenters. The topological polar surface area (TPSA) is 62.3 Å². The quantitative estimate of drug-likeness (QED) is 0.912. The lowest BCUT2D eigenvalue weighted by Crippen LogP contribution is -2.46. The number of piperazine rings is 1. The second-order valence-corrected chi connectivity index (χ2v) is 7.77. The molecule has 0 bridgehead atoms. The first-order chi connectivity index (χ1) is 10.1. The molecule has 2 heterocycles. The number of hydrogen-bond donors (Lipinski definition) is 1. The van der Waals surface area contributed by atoms with Crippen LogP contribution in [0.15, 0.2) is 34.5 Å². The Balaban J connectivity index is 0.00000176. The number of benzene rings is 1. The minimum atomic E-state index is -3.42. The number of nitrogens with one attached hydrogen (secondary N) is 1. The average molecular weight is 360 g/mol. The van der Waals surface area contributed by atoms with Crippen molar-refractivity contribution in [2.75, 3.05) is 26.2 Å².